The molecule has 100 valence electrons. The van der Waals surface area contributed by atoms with E-state index in [9.17, 15) is 4.79 Å². The van der Waals surface area contributed by atoms with Gasteiger partial charge in [0.15, 0.2) is 0 Å². The molecule has 1 aromatic carbocycles. The molecule has 1 N–H and O–H groups in total. The molecule has 0 aliphatic heterocycles. The van der Waals surface area contributed by atoms with Crippen LogP contribution in [0.25, 0.3) is 0 Å². The van der Waals surface area contributed by atoms with Crippen LogP contribution < -0.4 is 5.56 Å². The summed E-state index contributed by atoms with van der Waals surface area (Å²) in [4.78, 5) is 19.0. The van der Waals surface area contributed by atoms with Crippen LogP contribution in [0.5, 0.6) is 0 Å². The second-order valence-electron chi connectivity index (χ2n) is 4.74. The first kappa shape index (κ1) is 13.5. The van der Waals surface area contributed by atoms with E-state index < -0.39 is 0 Å². The van der Waals surface area contributed by atoms with Crippen LogP contribution >= 0.6 is 0 Å². The molecule has 1 unspecified atom stereocenters. The molecular formula is C15H18N2O2. The number of rotatable bonds is 4. The third-order valence-corrected chi connectivity index (χ3v) is 2.96. The minimum absolute atomic E-state index is 0.147. The highest BCUT2D eigenvalue weighted by Gasteiger charge is 2.17. The first-order valence-corrected chi connectivity index (χ1v) is 6.30. The minimum atomic E-state index is -0.354. The van der Waals surface area contributed by atoms with Crippen LogP contribution in [0.1, 0.15) is 43.0 Å². The van der Waals surface area contributed by atoms with Crippen LogP contribution in [-0.2, 0) is 4.74 Å². The number of hydrogen-bond acceptors (Lipinski definition) is 3. The summed E-state index contributed by atoms with van der Waals surface area (Å²) in [5.74, 6) is 0.749. The van der Waals surface area contributed by atoms with E-state index in [0.717, 1.165) is 11.3 Å². The summed E-state index contributed by atoms with van der Waals surface area (Å²) in [5, 5.41) is 0. The fraction of sp³-hybridized carbons (Fsp3) is 0.333. The summed E-state index contributed by atoms with van der Waals surface area (Å²) in [5.41, 5.74) is 1.59. The van der Waals surface area contributed by atoms with Crippen molar-refractivity contribution in [2.24, 2.45) is 0 Å². The number of aromatic amines is 1. The van der Waals surface area contributed by atoms with Gasteiger partial charge in [-0.3, -0.25) is 4.79 Å². The van der Waals surface area contributed by atoms with Crippen LogP contribution in [0.15, 0.2) is 41.2 Å². The number of H-pyrrole nitrogens is 1. The third kappa shape index (κ3) is 3.09. The Bertz CT molecular complexity index is 591. The lowest BCUT2D eigenvalue weighted by Gasteiger charge is -2.16. The SMILES string of the molecule is COC(c1ccccc1)c1nc(C(C)C)cc(=O)[nH]1. The summed E-state index contributed by atoms with van der Waals surface area (Å²) >= 11 is 0. The van der Waals surface area contributed by atoms with Crippen molar-refractivity contribution in [2.45, 2.75) is 25.9 Å². The lowest BCUT2D eigenvalue weighted by Crippen LogP contribution is -2.18. The lowest BCUT2D eigenvalue weighted by molar-refractivity contribution is 0.128. The molecule has 2 rings (SSSR count). The molecule has 0 radical (unpaired) electrons. The molecule has 4 nitrogen and oxygen atoms in total. The standard InChI is InChI=1S/C15H18N2O2/c1-10(2)12-9-13(18)17-15(16-12)14(19-3)11-7-5-4-6-8-11/h4-10,14H,1-3H3,(H,16,17,18). The van der Waals surface area contributed by atoms with E-state index in [1.165, 1.54) is 6.07 Å². The zero-order valence-corrected chi connectivity index (χ0v) is 11.4. The molecule has 0 aliphatic carbocycles. The summed E-state index contributed by atoms with van der Waals surface area (Å²) in [7, 11) is 1.61. The first-order chi connectivity index (χ1) is 9.11. The Morgan fingerprint density at radius 3 is 2.47 bits per heavy atom. The molecule has 1 atom stereocenters. The van der Waals surface area contributed by atoms with Crippen LogP contribution in [0.4, 0.5) is 0 Å². The van der Waals surface area contributed by atoms with Crippen molar-refractivity contribution in [2.75, 3.05) is 7.11 Å². The quantitative estimate of drug-likeness (QED) is 0.917. The Hall–Kier alpha value is -1.94. The van der Waals surface area contributed by atoms with Gasteiger partial charge in [-0.15, -0.1) is 0 Å². The predicted octanol–water partition coefficient (Wildman–Crippen LogP) is 2.63. The topological polar surface area (TPSA) is 55.0 Å². The van der Waals surface area contributed by atoms with E-state index >= 15 is 0 Å². The van der Waals surface area contributed by atoms with Gasteiger partial charge in [0.05, 0.1) is 5.69 Å². The molecular weight excluding hydrogens is 240 g/mol. The van der Waals surface area contributed by atoms with Crippen molar-refractivity contribution >= 4 is 0 Å². The Morgan fingerprint density at radius 1 is 1.21 bits per heavy atom. The average Bonchev–Trinajstić information content (AvgIpc) is 2.40. The van der Waals surface area contributed by atoms with E-state index in [-0.39, 0.29) is 17.6 Å². The largest absolute Gasteiger partial charge is 0.369 e. The maximum Gasteiger partial charge on any atom is 0.251 e. The number of benzene rings is 1. The van der Waals surface area contributed by atoms with Gasteiger partial charge in [-0.1, -0.05) is 44.2 Å². The molecule has 0 spiro atoms. The lowest BCUT2D eigenvalue weighted by atomic mass is 10.1. The van der Waals surface area contributed by atoms with Crippen molar-refractivity contribution in [3.63, 3.8) is 0 Å². The average molecular weight is 258 g/mol. The number of methoxy groups -OCH3 is 1. The molecule has 19 heavy (non-hydrogen) atoms. The van der Waals surface area contributed by atoms with Gasteiger partial charge in [-0.25, -0.2) is 4.98 Å². The normalized spacial score (nSPS) is 12.6. The molecule has 0 saturated heterocycles. The zero-order valence-electron chi connectivity index (χ0n) is 11.4. The molecule has 1 heterocycles. The van der Waals surface area contributed by atoms with E-state index in [2.05, 4.69) is 9.97 Å². The van der Waals surface area contributed by atoms with Crippen LogP contribution in [0.2, 0.25) is 0 Å². The predicted molar refractivity (Wildman–Crippen MR) is 74.2 cm³/mol. The second kappa shape index (κ2) is 5.80. The highest BCUT2D eigenvalue weighted by molar-refractivity contribution is 5.23. The number of hydrogen-bond donors (Lipinski definition) is 1. The van der Waals surface area contributed by atoms with Crippen molar-refractivity contribution in [1.29, 1.82) is 0 Å². The van der Waals surface area contributed by atoms with Gasteiger partial charge in [0.2, 0.25) is 0 Å². The van der Waals surface area contributed by atoms with E-state index in [0.29, 0.717) is 5.82 Å². The maximum absolute atomic E-state index is 11.7. The van der Waals surface area contributed by atoms with Gasteiger partial charge in [0, 0.05) is 13.2 Å². The van der Waals surface area contributed by atoms with E-state index in [1.807, 2.05) is 44.2 Å². The molecule has 0 bridgehead atoms. The molecule has 4 heteroatoms. The van der Waals surface area contributed by atoms with Crippen molar-refractivity contribution in [3.8, 4) is 0 Å². The molecule has 2 aromatic rings. The van der Waals surface area contributed by atoms with Gasteiger partial charge in [0.25, 0.3) is 5.56 Å². The molecule has 1 aromatic heterocycles. The summed E-state index contributed by atoms with van der Waals surface area (Å²) in [6.07, 6.45) is -0.354. The number of aromatic nitrogens is 2. The Labute approximate surface area is 112 Å². The summed E-state index contributed by atoms with van der Waals surface area (Å²) in [6.45, 7) is 4.02. The summed E-state index contributed by atoms with van der Waals surface area (Å²) < 4.78 is 5.48. The van der Waals surface area contributed by atoms with Gasteiger partial charge in [0.1, 0.15) is 11.9 Å². The Morgan fingerprint density at radius 2 is 1.89 bits per heavy atom. The van der Waals surface area contributed by atoms with E-state index in [1.54, 1.807) is 7.11 Å². The highest BCUT2D eigenvalue weighted by Crippen LogP contribution is 2.22. The zero-order chi connectivity index (χ0) is 13.8. The number of nitrogens with zero attached hydrogens (tertiary/aromatic N) is 1. The molecule has 0 aliphatic rings. The summed E-state index contributed by atoms with van der Waals surface area (Å²) in [6, 6.07) is 11.3. The fourth-order valence-electron chi connectivity index (χ4n) is 1.95. The van der Waals surface area contributed by atoms with Crippen LogP contribution in [-0.4, -0.2) is 17.1 Å². The number of ether oxygens (including phenoxy) is 1. The highest BCUT2D eigenvalue weighted by atomic mass is 16.5. The first-order valence-electron chi connectivity index (χ1n) is 6.30. The van der Waals surface area contributed by atoms with Crippen molar-refractivity contribution < 1.29 is 4.74 Å². The van der Waals surface area contributed by atoms with Crippen molar-refractivity contribution in [3.05, 3.63) is 63.8 Å². The smallest absolute Gasteiger partial charge is 0.251 e. The van der Waals surface area contributed by atoms with Gasteiger partial charge in [-0.2, -0.15) is 0 Å². The van der Waals surface area contributed by atoms with Crippen molar-refractivity contribution in [1.82, 2.24) is 9.97 Å². The van der Waals surface area contributed by atoms with Crippen LogP contribution in [0.3, 0.4) is 0 Å². The van der Waals surface area contributed by atoms with Gasteiger partial charge < -0.3 is 9.72 Å². The third-order valence-electron chi connectivity index (χ3n) is 2.96. The Balaban J connectivity index is 2.47. The monoisotopic (exact) mass is 258 g/mol. The van der Waals surface area contributed by atoms with Gasteiger partial charge >= 0.3 is 0 Å². The second-order valence-corrected chi connectivity index (χ2v) is 4.74. The van der Waals surface area contributed by atoms with E-state index in [4.69, 9.17) is 4.74 Å². The fourth-order valence-corrected chi connectivity index (χ4v) is 1.95. The molecule has 0 amide bonds. The number of nitrogens with one attached hydrogen (secondary N) is 1. The Kier molecular flexibility index (Phi) is 4.12. The van der Waals surface area contributed by atoms with Crippen LogP contribution in [0, 0.1) is 0 Å². The maximum atomic E-state index is 11.7. The minimum Gasteiger partial charge on any atom is -0.369 e. The molecule has 0 saturated carbocycles. The molecule has 0 fully saturated rings. The van der Waals surface area contributed by atoms with Gasteiger partial charge in [-0.05, 0) is 11.5 Å².